The largest absolute Gasteiger partial charge is 0.311 e. The molecule has 1 nitrogen and oxygen atoms in total. The molecule has 80 valence electrons. The Bertz CT molecular complexity index is 144. The van der Waals surface area contributed by atoms with Crippen molar-refractivity contribution < 1.29 is 0 Å². The molecule has 0 heterocycles. The van der Waals surface area contributed by atoms with Crippen molar-refractivity contribution in [1.82, 2.24) is 5.32 Å². The Morgan fingerprint density at radius 2 is 1.54 bits per heavy atom. The minimum atomic E-state index is 0.260. The topological polar surface area (TPSA) is 12.0 Å². The maximum Gasteiger partial charge on any atom is 0.0203 e. The molecule has 0 radical (unpaired) electrons. The molecule has 0 aromatic carbocycles. The van der Waals surface area contributed by atoms with Gasteiger partial charge in [0.15, 0.2) is 0 Å². The highest BCUT2D eigenvalue weighted by molar-refractivity contribution is 4.94. The third-order valence-electron chi connectivity index (χ3n) is 3.04. The van der Waals surface area contributed by atoms with Gasteiger partial charge in [-0.05, 0) is 31.2 Å². The summed E-state index contributed by atoms with van der Waals surface area (Å²) in [6.07, 6.45) is 1.24. The minimum Gasteiger partial charge on any atom is -0.311 e. The number of rotatable bonds is 4. The first-order valence-electron chi connectivity index (χ1n) is 5.48. The van der Waals surface area contributed by atoms with Crippen LogP contribution in [-0.4, -0.2) is 12.1 Å². The van der Waals surface area contributed by atoms with Gasteiger partial charge < -0.3 is 5.32 Å². The first-order valence-corrected chi connectivity index (χ1v) is 5.48. The van der Waals surface area contributed by atoms with Crippen molar-refractivity contribution in [2.75, 3.05) is 6.54 Å². The summed E-state index contributed by atoms with van der Waals surface area (Å²) in [5.41, 5.74) is 0.587. The van der Waals surface area contributed by atoms with E-state index in [1.165, 1.54) is 6.42 Å². The minimum absolute atomic E-state index is 0.260. The van der Waals surface area contributed by atoms with Gasteiger partial charge >= 0.3 is 0 Å². The summed E-state index contributed by atoms with van der Waals surface area (Å²) in [5.74, 6) is 0.753. The van der Waals surface area contributed by atoms with E-state index < -0.39 is 0 Å². The normalized spacial score (nSPS) is 17.5. The molecule has 0 bridgehead atoms. The van der Waals surface area contributed by atoms with Crippen molar-refractivity contribution in [3.05, 3.63) is 0 Å². The standard InChI is InChI=1S/C12H27N/c1-8-13-12(7,9-10(2)3)11(4,5)6/h10,13H,8-9H2,1-7H3. The van der Waals surface area contributed by atoms with E-state index in [1.54, 1.807) is 0 Å². The molecule has 0 aromatic rings. The van der Waals surface area contributed by atoms with Gasteiger partial charge in [-0.3, -0.25) is 0 Å². The van der Waals surface area contributed by atoms with Crippen LogP contribution in [0.3, 0.4) is 0 Å². The van der Waals surface area contributed by atoms with Crippen molar-refractivity contribution in [1.29, 1.82) is 0 Å². The third kappa shape index (κ3) is 3.68. The second-order valence-corrected chi connectivity index (χ2v) is 5.71. The zero-order valence-corrected chi connectivity index (χ0v) is 10.5. The lowest BCUT2D eigenvalue weighted by Crippen LogP contribution is -2.53. The van der Waals surface area contributed by atoms with Crippen molar-refractivity contribution >= 4 is 0 Å². The summed E-state index contributed by atoms with van der Waals surface area (Å²) >= 11 is 0. The molecule has 0 rings (SSSR count). The summed E-state index contributed by atoms with van der Waals surface area (Å²) in [6, 6.07) is 0. The lowest BCUT2D eigenvalue weighted by Gasteiger charge is -2.44. The van der Waals surface area contributed by atoms with Crippen LogP contribution in [0.25, 0.3) is 0 Å². The van der Waals surface area contributed by atoms with Gasteiger partial charge in [-0.15, -0.1) is 0 Å². The predicted octanol–water partition coefficient (Wildman–Crippen LogP) is 3.45. The molecular weight excluding hydrogens is 158 g/mol. The highest BCUT2D eigenvalue weighted by atomic mass is 15.0. The predicted molar refractivity (Wildman–Crippen MR) is 61.0 cm³/mol. The highest BCUT2D eigenvalue weighted by Gasteiger charge is 2.36. The van der Waals surface area contributed by atoms with E-state index in [-0.39, 0.29) is 5.54 Å². The fourth-order valence-electron chi connectivity index (χ4n) is 1.85. The Morgan fingerprint density at radius 3 is 1.77 bits per heavy atom. The molecule has 0 spiro atoms. The lowest BCUT2D eigenvalue weighted by molar-refractivity contribution is 0.130. The van der Waals surface area contributed by atoms with Gasteiger partial charge in [-0.2, -0.15) is 0 Å². The van der Waals surface area contributed by atoms with E-state index in [0.717, 1.165) is 12.5 Å². The molecule has 0 saturated heterocycles. The Balaban J connectivity index is 4.53. The molecule has 0 amide bonds. The first-order chi connectivity index (χ1) is 5.73. The Kier molecular flexibility index (Phi) is 4.44. The third-order valence-corrected chi connectivity index (χ3v) is 3.04. The molecule has 0 aliphatic carbocycles. The second kappa shape index (κ2) is 4.45. The molecule has 0 fully saturated rings. The van der Waals surface area contributed by atoms with Gasteiger partial charge in [0, 0.05) is 5.54 Å². The van der Waals surface area contributed by atoms with Crippen LogP contribution >= 0.6 is 0 Å². The van der Waals surface area contributed by atoms with Gasteiger partial charge in [0.2, 0.25) is 0 Å². The fourth-order valence-corrected chi connectivity index (χ4v) is 1.85. The van der Waals surface area contributed by atoms with E-state index in [4.69, 9.17) is 0 Å². The van der Waals surface area contributed by atoms with Gasteiger partial charge in [0.1, 0.15) is 0 Å². The Labute approximate surface area is 84.3 Å². The van der Waals surface area contributed by atoms with Crippen LogP contribution in [-0.2, 0) is 0 Å². The molecule has 0 aromatic heterocycles. The zero-order valence-electron chi connectivity index (χ0n) is 10.5. The number of hydrogen-bond acceptors (Lipinski definition) is 1. The summed E-state index contributed by atoms with van der Waals surface area (Å²) in [5, 5.41) is 3.63. The molecule has 1 unspecified atom stereocenters. The fraction of sp³-hybridized carbons (Fsp3) is 1.00. The second-order valence-electron chi connectivity index (χ2n) is 5.71. The van der Waals surface area contributed by atoms with E-state index in [0.29, 0.717) is 5.41 Å². The van der Waals surface area contributed by atoms with E-state index in [2.05, 4.69) is 53.8 Å². The van der Waals surface area contributed by atoms with Crippen molar-refractivity contribution in [3.63, 3.8) is 0 Å². The van der Waals surface area contributed by atoms with Crippen LogP contribution in [0.2, 0.25) is 0 Å². The molecule has 0 aliphatic rings. The molecule has 0 saturated carbocycles. The van der Waals surface area contributed by atoms with Crippen LogP contribution in [0.5, 0.6) is 0 Å². The van der Waals surface area contributed by atoms with Crippen molar-refractivity contribution in [2.24, 2.45) is 11.3 Å². The maximum absolute atomic E-state index is 3.63. The van der Waals surface area contributed by atoms with Gasteiger partial charge in [0.05, 0.1) is 0 Å². The average Bonchev–Trinajstić information content (AvgIpc) is 1.82. The van der Waals surface area contributed by atoms with Crippen molar-refractivity contribution in [3.8, 4) is 0 Å². The average molecular weight is 185 g/mol. The molecule has 1 atom stereocenters. The Morgan fingerprint density at radius 1 is 1.08 bits per heavy atom. The van der Waals surface area contributed by atoms with Crippen LogP contribution in [0.4, 0.5) is 0 Å². The molecular formula is C12H27N. The lowest BCUT2D eigenvalue weighted by atomic mass is 9.70. The summed E-state index contributed by atoms with van der Waals surface area (Å²) in [7, 11) is 0. The van der Waals surface area contributed by atoms with E-state index >= 15 is 0 Å². The van der Waals surface area contributed by atoms with Crippen LogP contribution in [0, 0.1) is 11.3 Å². The Hall–Kier alpha value is -0.0400. The quantitative estimate of drug-likeness (QED) is 0.707. The first kappa shape index (κ1) is 13.0. The monoisotopic (exact) mass is 185 g/mol. The molecule has 1 heteroatoms. The zero-order chi connectivity index (χ0) is 10.7. The molecule has 0 aliphatic heterocycles. The van der Waals surface area contributed by atoms with Gasteiger partial charge in [-0.1, -0.05) is 41.5 Å². The number of nitrogens with one attached hydrogen (secondary N) is 1. The summed E-state index contributed by atoms with van der Waals surface area (Å²) in [4.78, 5) is 0. The van der Waals surface area contributed by atoms with E-state index in [9.17, 15) is 0 Å². The van der Waals surface area contributed by atoms with Crippen LogP contribution in [0.1, 0.15) is 54.9 Å². The van der Waals surface area contributed by atoms with Gasteiger partial charge in [-0.25, -0.2) is 0 Å². The highest BCUT2D eigenvalue weighted by Crippen LogP contribution is 2.34. The SMILES string of the molecule is CCNC(C)(CC(C)C)C(C)(C)C. The summed E-state index contributed by atoms with van der Waals surface area (Å²) in [6.45, 7) is 17.1. The molecule has 1 N–H and O–H groups in total. The summed E-state index contributed by atoms with van der Waals surface area (Å²) < 4.78 is 0. The van der Waals surface area contributed by atoms with Crippen LogP contribution < -0.4 is 5.32 Å². The molecule has 13 heavy (non-hydrogen) atoms. The van der Waals surface area contributed by atoms with Crippen LogP contribution in [0.15, 0.2) is 0 Å². The smallest absolute Gasteiger partial charge is 0.0203 e. The maximum atomic E-state index is 3.63. The van der Waals surface area contributed by atoms with E-state index in [1.807, 2.05) is 0 Å². The van der Waals surface area contributed by atoms with Gasteiger partial charge in [0.25, 0.3) is 0 Å². The van der Waals surface area contributed by atoms with Crippen molar-refractivity contribution in [2.45, 2.75) is 60.4 Å². The number of hydrogen-bond donors (Lipinski definition) is 1.